The third kappa shape index (κ3) is 3.85. The van der Waals surface area contributed by atoms with Gasteiger partial charge in [0.2, 0.25) is 5.95 Å². The van der Waals surface area contributed by atoms with Gasteiger partial charge in [-0.1, -0.05) is 23.2 Å². The fourth-order valence-corrected chi connectivity index (χ4v) is 3.61. The number of hydrogen-bond acceptors (Lipinski definition) is 6. The summed E-state index contributed by atoms with van der Waals surface area (Å²) in [5.41, 5.74) is 7.15. The van der Waals surface area contributed by atoms with E-state index in [9.17, 15) is 9.90 Å². The minimum Gasteiger partial charge on any atom is -0.478 e. The van der Waals surface area contributed by atoms with Gasteiger partial charge in [0.05, 0.1) is 23.2 Å². The maximum absolute atomic E-state index is 11.5. The number of carbonyl (C=O) groups is 1. The number of nitrogens with zero attached hydrogens (tertiary/aromatic N) is 3. The molecule has 1 aliphatic rings. The first-order valence-electron chi connectivity index (χ1n) is 8.04. The highest BCUT2D eigenvalue weighted by atomic mass is 35.5. The van der Waals surface area contributed by atoms with Gasteiger partial charge in [-0.2, -0.15) is 4.98 Å². The van der Waals surface area contributed by atoms with Crippen molar-refractivity contribution in [1.82, 2.24) is 9.97 Å². The maximum atomic E-state index is 11.5. The number of ether oxygens (including phenoxy) is 1. The number of nitrogens with two attached hydrogens (primary N) is 1. The van der Waals surface area contributed by atoms with Crippen LogP contribution >= 0.6 is 23.2 Å². The fraction of sp³-hybridized carbons (Fsp3) is 0.353. The van der Waals surface area contributed by atoms with Crippen LogP contribution in [0.15, 0.2) is 18.2 Å². The lowest BCUT2D eigenvalue weighted by atomic mass is 10.0. The molecule has 1 atom stereocenters. The third-order valence-corrected chi connectivity index (χ3v) is 4.81. The number of carboxylic acids is 1. The van der Waals surface area contributed by atoms with E-state index < -0.39 is 5.97 Å². The number of anilines is 2. The SMILES string of the molecule is Cc1cc(N2CCCOCC2c2cc(C(=O)O)c(Cl)cc2Cl)nc(N)n1. The molecule has 0 saturated carbocycles. The van der Waals surface area contributed by atoms with Crippen molar-refractivity contribution in [1.29, 1.82) is 0 Å². The van der Waals surface area contributed by atoms with Crippen molar-refractivity contribution in [3.05, 3.63) is 45.1 Å². The molecule has 0 amide bonds. The summed E-state index contributed by atoms with van der Waals surface area (Å²) >= 11 is 12.4. The second kappa shape index (κ2) is 7.65. The van der Waals surface area contributed by atoms with Crippen LogP contribution in [0.3, 0.4) is 0 Å². The molecule has 2 aromatic rings. The summed E-state index contributed by atoms with van der Waals surface area (Å²) in [4.78, 5) is 21.9. The van der Waals surface area contributed by atoms with Gasteiger partial charge in [-0.15, -0.1) is 0 Å². The van der Waals surface area contributed by atoms with Gasteiger partial charge in [-0.05, 0) is 31.0 Å². The van der Waals surface area contributed by atoms with E-state index in [2.05, 4.69) is 9.97 Å². The monoisotopic (exact) mass is 396 g/mol. The number of benzene rings is 1. The smallest absolute Gasteiger partial charge is 0.337 e. The molecule has 0 bridgehead atoms. The summed E-state index contributed by atoms with van der Waals surface area (Å²) in [6, 6.07) is 4.45. The highest BCUT2D eigenvalue weighted by molar-refractivity contribution is 6.37. The minimum atomic E-state index is -1.11. The first-order chi connectivity index (χ1) is 12.4. The molecule has 9 heteroatoms. The maximum Gasteiger partial charge on any atom is 0.337 e. The molecule has 0 radical (unpaired) electrons. The molecule has 0 spiro atoms. The first-order valence-corrected chi connectivity index (χ1v) is 8.80. The average molecular weight is 397 g/mol. The first kappa shape index (κ1) is 18.7. The van der Waals surface area contributed by atoms with Crippen LogP contribution in [0.2, 0.25) is 10.0 Å². The zero-order chi connectivity index (χ0) is 18.8. The van der Waals surface area contributed by atoms with Gasteiger partial charge in [0.25, 0.3) is 0 Å². The Morgan fingerprint density at radius 1 is 1.31 bits per heavy atom. The van der Waals surface area contributed by atoms with E-state index in [-0.39, 0.29) is 22.6 Å². The number of halogens is 2. The standard InChI is InChI=1S/C17H18Cl2N4O3/c1-9-5-15(22-17(20)21-9)23-3-2-4-26-8-14(23)10-6-11(16(24)25)13(19)7-12(10)18/h5-7,14H,2-4,8H2,1H3,(H,24,25)(H2,20,21,22). The van der Waals surface area contributed by atoms with Crippen molar-refractivity contribution in [2.24, 2.45) is 0 Å². The fourth-order valence-electron chi connectivity index (χ4n) is 3.02. The van der Waals surface area contributed by atoms with Crippen LogP contribution in [0.4, 0.5) is 11.8 Å². The molecular formula is C17H18Cl2N4O3. The van der Waals surface area contributed by atoms with Gasteiger partial charge in [0.1, 0.15) is 5.82 Å². The number of rotatable bonds is 3. The lowest BCUT2D eigenvalue weighted by molar-refractivity contribution is 0.0696. The van der Waals surface area contributed by atoms with Crippen LogP contribution in [0, 0.1) is 6.92 Å². The number of nitrogen functional groups attached to an aromatic ring is 1. The lowest BCUT2D eigenvalue weighted by Crippen LogP contribution is -2.32. The molecule has 26 heavy (non-hydrogen) atoms. The Bertz CT molecular complexity index is 827. The quantitative estimate of drug-likeness (QED) is 0.819. The average Bonchev–Trinajstić information content (AvgIpc) is 2.79. The van der Waals surface area contributed by atoms with E-state index in [1.807, 2.05) is 17.9 Å². The van der Waals surface area contributed by atoms with Crippen molar-refractivity contribution >= 4 is 40.9 Å². The van der Waals surface area contributed by atoms with Gasteiger partial charge >= 0.3 is 5.97 Å². The number of carboxylic acid groups (broad SMARTS) is 1. The molecule has 138 valence electrons. The highest BCUT2D eigenvalue weighted by Crippen LogP contribution is 2.36. The summed E-state index contributed by atoms with van der Waals surface area (Å²) in [7, 11) is 0. The van der Waals surface area contributed by atoms with E-state index in [0.717, 1.165) is 12.1 Å². The second-order valence-corrected chi connectivity index (χ2v) is 6.84. The summed E-state index contributed by atoms with van der Waals surface area (Å²) in [6.45, 7) is 3.41. The molecule has 1 aromatic carbocycles. The third-order valence-electron chi connectivity index (χ3n) is 4.17. The highest BCUT2D eigenvalue weighted by Gasteiger charge is 2.28. The molecule has 1 aromatic heterocycles. The van der Waals surface area contributed by atoms with Crippen molar-refractivity contribution < 1.29 is 14.6 Å². The number of hydrogen-bond donors (Lipinski definition) is 2. The minimum absolute atomic E-state index is 0.00588. The molecule has 2 heterocycles. The molecule has 1 unspecified atom stereocenters. The topological polar surface area (TPSA) is 102 Å². The van der Waals surface area contributed by atoms with Crippen molar-refractivity contribution in [2.75, 3.05) is 30.4 Å². The van der Waals surface area contributed by atoms with Gasteiger partial charge in [-0.25, -0.2) is 9.78 Å². The van der Waals surface area contributed by atoms with Crippen LogP contribution in [-0.2, 0) is 4.74 Å². The summed E-state index contributed by atoms with van der Waals surface area (Å²) in [5.74, 6) is -0.290. The second-order valence-electron chi connectivity index (χ2n) is 6.02. The molecule has 0 aliphatic carbocycles. The molecule has 7 nitrogen and oxygen atoms in total. The molecular weight excluding hydrogens is 379 g/mol. The van der Waals surface area contributed by atoms with Crippen LogP contribution < -0.4 is 10.6 Å². The van der Waals surface area contributed by atoms with E-state index >= 15 is 0 Å². The lowest BCUT2D eigenvalue weighted by Gasteiger charge is -2.31. The largest absolute Gasteiger partial charge is 0.478 e. The zero-order valence-corrected chi connectivity index (χ0v) is 15.6. The summed E-state index contributed by atoms with van der Waals surface area (Å²) in [6.07, 6.45) is 0.788. The van der Waals surface area contributed by atoms with Crippen LogP contribution in [-0.4, -0.2) is 40.8 Å². The number of aromatic nitrogens is 2. The van der Waals surface area contributed by atoms with Crippen LogP contribution in [0.5, 0.6) is 0 Å². The van der Waals surface area contributed by atoms with Crippen molar-refractivity contribution in [3.8, 4) is 0 Å². The van der Waals surface area contributed by atoms with Crippen LogP contribution in [0.25, 0.3) is 0 Å². The predicted molar refractivity (Wildman–Crippen MR) is 100 cm³/mol. The Morgan fingerprint density at radius 2 is 2.08 bits per heavy atom. The van der Waals surface area contributed by atoms with E-state index in [1.54, 1.807) is 0 Å². The normalized spacial score (nSPS) is 17.8. The molecule has 1 saturated heterocycles. The Kier molecular flexibility index (Phi) is 5.50. The van der Waals surface area contributed by atoms with Crippen molar-refractivity contribution in [2.45, 2.75) is 19.4 Å². The number of aromatic carboxylic acids is 1. The zero-order valence-electron chi connectivity index (χ0n) is 14.1. The van der Waals surface area contributed by atoms with Gasteiger partial charge in [0, 0.05) is 29.9 Å². The molecule has 3 N–H and O–H groups in total. The Balaban J connectivity index is 2.10. The predicted octanol–water partition coefficient (Wildman–Crippen LogP) is 3.34. The molecule has 1 aliphatic heterocycles. The van der Waals surface area contributed by atoms with Gasteiger partial charge in [0.15, 0.2) is 0 Å². The number of aryl methyl sites for hydroxylation is 1. The summed E-state index contributed by atoms with van der Waals surface area (Å²) in [5, 5.41) is 9.85. The molecule has 1 fully saturated rings. The Morgan fingerprint density at radius 3 is 2.77 bits per heavy atom. The Hall–Kier alpha value is -2.09. The van der Waals surface area contributed by atoms with Gasteiger partial charge in [-0.3, -0.25) is 0 Å². The van der Waals surface area contributed by atoms with E-state index in [4.69, 9.17) is 33.7 Å². The Labute approximate surface area is 160 Å². The van der Waals surface area contributed by atoms with E-state index in [1.165, 1.54) is 12.1 Å². The van der Waals surface area contributed by atoms with E-state index in [0.29, 0.717) is 36.2 Å². The van der Waals surface area contributed by atoms with Gasteiger partial charge < -0.3 is 20.5 Å². The summed E-state index contributed by atoms with van der Waals surface area (Å²) < 4.78 is 5.70. The van der Waals surface area contributed by atoms with Crippen LogP contribution in [0.1, 0.15) is 34.1 Å². The molecule has 3 rings (SSSR count). The van der Waals surface area contributed by atoms with Crippen molar-refractivity contribution in [3.63, 3.8) is 0 Å².